The van der Waals surface area contributed by atoms with Crippen LogP contribution >= 0.6 is 7.82 Å². The first kappa shape index (κ1) is 46.8. The van der Waals surface area contributed by atoms with Crippen molar-refractivity contribution < 1.29 is 44.6 Å². The van der Waals surface area contributed by atoms with Gasteiger partial charge in [-0.05, 0) is 12.8 Å². The predicted octanol–water partition coefficient (Wildman–Crippen LogP) is 9.07. The van der Waals surface area contributed by atoms with E-state index in [1.807, 2.05) is 0 Å². The summed E-state index contributed by atoms with van der Waals surface area (Å²) in [6.45, 7) is 6.37. The van der Waals surface area contributed by atoms with Gasteiger partial charge in [0, 0.05) is 19.3 Å². The number of hydrogen-bond donors (Lipinski definition) is 0. The fourth-order valence-corrected chi connectivity index (χ4v) is 7.57. The number of ether oxygens (including phenoxy) is 1. The standard InChI is InChI=1S/C38H77NO6P.ClH/c1-5-7-9-11-13-15-16-17-18-19-20-21-23-25-27-29-35-43-46(41,45-37-31-33-39(3,4)34-32-37)44-36-42-38(40)30-28-26-24-22-14-12-10-8-6-2;/h37H,5-36H2,1-4H3;1H/q+1;/p-1. The van der Waals surface area contributed by atoms with E-state index in [2.05, 4.69) is 27.9 Å². The Balaban J connectivity index is 0.0000212. The number of phosphoric ester groups is 1. The molecular formula is C38H77ClNO6P. The highest BCUT2D eigenvalue weighted by Gasteiger charge is 2.35. The monoisotopic (exact) mass is 710 g/mol. The molecule has 1 fully saturated rings. The van der Waals surface area contributed by atoms with Gasteiger partial charge in [0.25, 0.3) is 0 Å². The van der Waals surface area contributed by atoms with Crippen molar-refractivity contribution in [3.8, 4) is 0 Å². The number of carbonyl (C=O) groups excluding carboxylic acids is 1. The lowest BCUT2D eigenvalue weighted by atomic mass is 10.0. The summed E-state index contributed by atoms with van der Waals surface area (Å²) in [5.74, 6) is -0.316. The number of phosphoric acid groups is 1. The molecule has 7 nitrogen and oxygen atoms in total. The molecule has 0 spiro atoms. The Bertz CT molecular complexity index is 746. The molecule has 0 radical (unpaired) electrons. The van der Waals surface area contributed by atoms with Crippen LogP contribution in [0.5, 0.6) is 0 Å². The summed E-state index contributed by atoms with van der Waals surface area (Å²) in [4.78, 5) is 12.2. The minimum Gasteiger partial charge on any atom is -1.00 e. The summed E-state index contributed by atoms with van der Waals surface area (Å²) in [6, 6.07) is 0. The van der Waals surface area contributed by atoms with E-state index in [1.54, 1.807) is 0 Å². The van der Waals surface area contributed by atoms with Crippen LogP contribution in [0.25, 0.3) is 0 Å². The van der Waals surface area contributed by atoms with E-state index in [0.717, 1.165) is 62.5 Å². The Kier molecular flexibility index (Phi) is 31.7. The van der Waals surface area contributed by atoms with Crippen molar-refractivity contribution in [2.24, 2.45) is 0 Å². The molecule has 1 aliphatic rings. The predicted molar refractivity (Wildman–Crippen MR) is 193 cm³/mol. The molecule has 1 aliphatic heterocycles. The number of nitrogens with zero attached hydrogens (tertiary/aromatic N) is 1. The SMILES string of the molecule is CCCCCCCCCCCCCCCCCCOP(=O)(OCOC(=O)CCCCCCCCCCC)OC1CC[N+](C)(C)CC1.[Cl-]. The first-order valence-corrected chi connectivity index (χ1v) is 21.3. The molecule has 282 valence electrons. The average molecular weight is 710 g/mol. The van der Waals surface area contributed by atoms with Crippen molar-refractivity contribution in [1.29, 1.82) is 0 Å². The van der Waals surface area contributed by atoms with Crippen LogP contribution in [0.2, 0.25) is 0 Å². The van der Waals surface area contributed by atoms with Gasteiger partial charge < -0.3 is 21.6 Å². The topological polar surface area (TPSA) is 71.1 Å². The van der Waals surface area contributed by atoms with Crippen LogP contribution in [0, 0.1) is 0 Å². The van der Waals surface area contributed by atoms with Gasteiger partial charge in [-0.15, -0.1) is 0 Å². The maximum absolute atomic E-state index is 13.5. The molecule has 0 aliphatic carbocycles. The van der Waals surface area contributed by atoms with Crippen molar-refractivity contribution in [2.45, 2.75) is 200 Å². The quantitative estimate of drug-likeness (QED) is 0.0223. The molecule has 0 bridgehead atoms. The van der Waals surface area contributed by atoms with Crippen LogP contribution in [0.3, 0.4) is 0 Å². The summed E-state index contributed by atoms with van der Waals surface area (Å²) in [5, 5.41) is 0. The zero-order chi connectivity index (χ0) is 33.6. The normalized spacial score (nSPS) is 16.1. The van der Waals surface area contributed by atoms with E-state index in [9.17, 15) is 9.36 Å². The van der Waals surface area contributed by atoms with E-state index in [0.29, 0.717) is 13.0 Å². The van der Waals surface area contributed by atoms with Crippen molar-refractivity contribution in [1.82, 2.24) is 0 Å². The van der Waals surface area contributed by atoms with Crippen molar-refractivity contribution >= 4 is 13.8 Å². The van der Waals surface area contributed by atoms with Gasteiger partial charge in [-0.3, -0.25) is 13.8 Å². The molecule has 0 saturated carbocycles. The Hall–Kier alpha value is -0.170. The summed E-state index contributed by atoms with van der Waals surface area (Å²) < 4.78 is 37.0. The highest BCUT2D eigenvalue weighted by atomic mass is 35.5. The highest BCUT2D eigenvalue weighted by Crippen LogP contribution is 2.52. The molecule has 1 atom stereocenters. The van der Waals surface area contributed by atoms with Gasteiger partial charge in [0.2, 0.25) is 6.79 Å². The number of halogens is 1. The van der Waals surface area contributed by atoms with Crippen LogP contribution in [-0.4, -0.2) is 57.1 Å². The van der Waals surface area contributed by atoms with Gasteiger partial charge in [0.1, 0.15) is 0 Å². The first-order valence-electron chi connectivity index (χ1n) is 19.9. The molecule has 0 N–H and O–H groups in total. The third-order valence-electron chi connectivity index (χ3n) is 9.55. The fourth-order valence-electron chi connectivity index (χ4n) is 6.26. The first-order chi connectivity index (χ1) is 22.3. The van der Waals surface area contributed by atoms with Crippen molar-refractivity contribution in [3.05, 3.63) is 0 Å². The number of rotatable bonds is 33. The molecule has 9 heteroatoms. The second kappa shape index (κ2) is 31.8. The Morgan fingerprint density at radius 3 is 1.40 bits per heavy atom. The number of hydrogen-bond acceptors (Lipinski definition) is 6. The Morgan fingerprint density at radius 2 is 0.979 bits per heavy atom. The van der Waals surface area contributed by atoms with Gasteiger partial charge in [-0.1, -0.05) is 162 Å². The largest absolute Gasteiger partial charge is 1.00 e. The molecule has 1 unspecified atom stereocenters. The molecule has 0 aromatic rings. The average Bonchev–Trinajstić information content (AvgIpc) is 3.03. The Labute approximate surface area is 298 Å². The number of quaternary nitrogens is 1. The molecule has 0 amide bonds. The maximum Gasteiger partial charge on any atom is 0.477 e. The lowest BCUT2D eigenvalue weighted by Gasteiger charge is -2.37. The van der Waals surface area contributed by atoms with Crippen LogP contribution in [-0.2, 0) is 27.7 Å². The summed E-state index contributed by atoms with van der Waals surface area (Å²) in [5.41, 5.74) is 0. The third-order valence-corrected chi connectivity index (χ3v) is 11.0. The van der Waals surface area contributed by atoms with E-state index < -0.39 is 7.82 Å². The molecule has 1 rings (SSSR count). The Morgan fingerprint density at radius 1 is 0.596 bits per heavy atom. The van der Waals surface area contributed by atoms with E-state index in [1.165, 1.54) is 128 Å². The molecule has 0 aromatic carbocycles. The van der Waals surface area contributed by atoms with Gasteiger partial charge in [-0.25, -0.2) is 9.09 Å². The minimum absolute atomic E-state index is 0. The van der Waals surface area contributed by atoms with E-state index in [-0.39, 0.29) is 31.3 Å². The second-order valence-corrected chi connectivity index (χ2v) is 16.2. The molecule has 1 saturated heterocycles. The van der Waals surface area contributed by atoms with Gasteiger partial charge in [0.05, 0.1) is 39.9 Å². The van der Waals surface area contributed by atoms with E-state index in [4.69, 9.17) is 18.3 Å². The number of carbonyl (C=O) groups is 1. The smallest absolute Gasteiger partial charge is 0.477 e. The zero-order valence-electron chi connectivity index (χ0n) is 31.4. The second-order valence-electron chi connectivity index (χ2n) is 14.6. The molecule has 0 aromatic heterocycles. The summed E-state index contributed by atoms with van der Waals surface area (Å²) in [6.07, 6.45) is 33.4. The summed E-state index contributed by atoms with van der Waals surface area (Å²) in [7, 11) is 0.591. The number of unbranched alkanes of at least 4 members (excludes halogenated alkanes) is 23. The van der Waals surface area contributed by atoms with E-state index >= 15 is 0 Å². The zero-order valence-corrected chi connectivity index (χ0v) is 33.1. The van der Waals surface area contributed by atoms with Crippen molar-refractivity contribution in [2.75, 3.05) is 40.6 Å². The number of likely N-dealkylation sites (tertiary alicyclic amines) is 1. The number of piperidine rings is 1. The molecular weight excluding hydrogens is 633 g/mol. The van der Waals surface area contributed by atoms with Crippen LogP contribution in [0.1, 0.15) is 194 Å². The van der Waals surface area contributed by atoms with Crippen molar-refractivity contribution in [3.63, 3.8) is 0 Å². The minimum atomic E-state index is -3.81. The van der Waals surface area contributed by atoms with Crippen LogP contribution < -0.4 is 12.4 Å². The van der Waals surface area contributed by atoms with Gasteiger partial charge >= 0.3 is 13.8 Å². The summed E-state index contributed by atoms with van der Waals surface area (Å²) >= 11 is 0. The number of esters is 1. The van der Waals surface area contributed by atoms with Gasteiger partial charge in [-0.2, -0.15) is 0 Å². The maximum atomic E-state index is 13.5. The van der Waals surface area contributed by atoms with Crippen LogP contribution in [0.4, 0.5) is 0 Å². The van der Waals surface area contributed by atoms with Gasteiger partial charge in [0.15, 0.2) is 0 Å². The molecule has 47 heavy (non-hydrogen) atoms. The third kappa shape index (κ3) is 29.3. The highest BCUT2D eigenvalue weighted by molar-refractivity contribution is 7.48. The fraction of sp³-hybridized carbons (Fsp3) is 0.974. The lowest BCUT2D eigenvalue weighted by molar-refractivity contribution is -0.896. The lowest BCUT2D eigenvalue weighted by Crippen LogP contribution is -3.00. The molecule has 1 heterocycles. The van der Waals surface area contributed by atoms with Crippen LogP contribution in [0.15, 0.2) is 0 Å².